The van der Waals surface area contributed by atoms with Crippen LogP contribution in [-0.4, -0.2) is 64.2 Å². The van der Waals surface area contributed by atoms with Crippen LogP contribution in [0.25, 0.3) is 5.65 Å². The summed E-state index contributed by atoms with van der Waals surface area (Å²) in [4.78, 5) is 4.53. The van der Waals surface area contributed by atoms with Crippen molar-refractivity contribution in [3.05, 3.63) is 23.0 Å². The summed E-state index contributed by atoms with van der Waals surface area (Å²) in [6.07, 6.45) is 2.57. The van der Waals surface area contributed by atoms with Crippen LogP contribution < -0.4 is 5.32 Å². The van der Waals surface area contributed by atoms with Crippen molar-refractivity contribution < 1.29 is 0 Å². The number of aromatic nitrogens is 3. The average Bonchev–Trinajstić information content (AvgIpc) is 3.03. The fraction of sp³-hybridized carbons (Fsp3) is 0.588. The van der Waals surface area contributed by atoms with Crippen LogP contribution in [0.4, 0.5) is 5.82 Å². The molecule has 1 aliphatic heterocycles. The van der Waals surface area contributed by atoms with Crippen molar-refractivity contribution in [3.63, 3.8) is 0 Å². The van der Waals surface area contributed by atoms with E-state index in [9.17, 15) is 5.26 Å². The van der Waals surface area contributed by atoms with Crippen molar-refractivity contribution in [2.45, 2.75) is 32.9 Å². The Hall–Kier alpha value is -1.88. The van der Waals surface area contributed by atoms with Gasteiger partial charge in [0.25, 0.3) is 0 Å². The average molecular weight is 364 g/mol. The third kappa shape index (κ3) is 3.71. The fourth-order valence-electron chi connectivity index (χ4n) is 3.27. The monoisotopic (exact) mass is 363 g/mol. The number of fused-ring (bicyclic) bond motifs is 3. The third-order valence-corrected chi connectivity index (χ3v) is 4.67. The van der Waals surface area contributed by atoms with E-state index in [0.29, 0.717) is 6.04 Å². The summed E-state index contributed by atoms with van der Waals surface area (Å²) >= 11 is 0. The Kier molecular flexibility index (Phi) is 6.22. The quantitative estimate of drug-likeness (QED) is 0.872. The zero-order chi connectivity index (χ0) is 17.3. The van der Waals surface area contributed by atoms with Gasteiger partial charge in [0.05, 0.1) is 5.56 Å². The highest BCUT2D eigenvalue weighted by atomic mass is 35.5. The van der Waals surface area contributed by atoms with Gasteiger partial charge in [-0.2, -0.15) is 5.26 Å². The molecule has 136 valence electrons. The minimum atomic E-state index is 0. The molecule has 3 heterocycles. The van der Waals surface area contributed by atoms with Crippen molar-refractivity contribution in [2.24, 2.45) is 0 Å². The van der Waals surface area contributed by atoms with Crippen LogP contribution in [0.2, 0.25) is 0 Å². The van der Waals surface area contributed by atoms with Gasteiger partial charge in [-0.15, -0.1) is 22.6 Å². The topological polar surface area (TPSA) is 72.5 Å². The van der Waals surface area contributed by atoms with E-state index < -0.39 is 0 Å². The van der Waals surface area contributed by atoms with Gasteiger partial charge in [-0.3, -0.25) is 9.30 Å². The minimum absolute atomic E-state index is 0. The fourth-order valence-corrected chi connectivity index (χ4v) is 3.27. The van der Waals surface area contributed by atoms with Gasteiger partial charge in [0, 0.05) is 37.8 Å². The largest absolute Gasteiger partial charge is 0.369 e. The van der Waals surface area contributed by atoms with Crippen LogP contribution >= 0.6 is 12.4 Å². The van der Waals surface area contributed by atoms with E-state index in [2.05, 4.69) is 45.2 Å². The van der Waals surface area contributed by atoms with Gasteiger partial charge >= 0.3 is 0 Å². The number of hydrogen-bond acceptors (Lipinski definition) is 6. The predicted molar refractivity (Wildman–Crippen MR) is 101 cm³/mol. The second-order valence-electron chi connectivity index (χ2n) is 6.86. The first-order valence-electron chi connectivity index (χ1n) is 8.43. The standard InChI is InChI=1S/C17H25N7.ClH/c1-12(2)23-7-5-13-14(9-18)16(19-6-8-22(3)4)24-11-20-21-17(24)15(13)10-23;/h11-12,19H,5-8,10H2,1-4H3;1H. The molecule has 0 aromatic carbocycles. The lowest BCUT2D eigenvalue weighted by molar-refractivity contribution is 0.204. The minimum Gasteiger partial charge on any atom is -0.369 e. The highest BCUT2D eigenvalue weighted by molar-refractivity contribution is 5.85. The first-order chi connectivity index (χ1) is 11.5. The van der Waals surface area contributed by atoms with Crippen LogP contribution in [0, 0.1) is 11.3 Å². The lowest BCUT2D eigenvalue weighted by Crippen LogP contribution is -2.37. The van der Waals surface area contributed by atoms with Gasteiger partial charge in [0.1, 0.15) is 18.2 Å². The second kappa shape index (κ2) is 8.00. The molecule has 0 atom stereocenters. The maximum atomic E-state index is 9.79. The van der Waals surface area contributed by atoms with Gasteiger partial charge in [-0.1, -0.05) is 0 Å². The number of halogens is 1. The summed E-state index contributed by atoms with van der Waals surface area (Å²) in [5, 5.41) is 21.6. The maximum Gasteiger partial charge on any atom is 0.167 e. The number of pyridine rings is 1. The zero-order valence-corrected chi connectivity index (χ0v) is 16.1. The molecule has 0 saturated heterocycles. The van der Waals surface area contributed by atoms with E-state index in [1.807, 2.05) is 18.5 Å². The molecule has 0 fully saturated rings. The summed E-state index contributed by atoms with van der Waals surface area (Å²) in [6, 6.07) is 2.89. The van der Waals surface area contributed by atoms with Crippen LogP contribution in [0.5, 0.6) is 0 Å². The summed E-state index contributed by atoms with van der Waals surface area (Å²) < 4.78 is 1.93. The molecule has 0 radical (unpaired) electrons. The molecule has 2 aromatic rings. The molecule has 1 aliphatic rings. The molecule has 0 bridgehead atoms. The van der Waals surface area contributed by atoms with Gasteiger partial charge in [0.2, 0.25) is 0 Å². The van der Waals surface area contributed by atoms with Crippen molar-refractivity contribution >= 4 is 23.9 Å². The number of nitrogens with one attached hydrogen (secondary N) is 1. The van der Waals surface area contributed by atoms with Crippen LogP contribution in [0.3, 0.4) is 0 Å². The SMILES string of the molecule is CC(C)N1CCc2c(C#N)c(NCCN(C)C)n3cnnc3c2C1.Cl. The van der Waals surface area contributed by atoms with Crippen molar-refractivity contribution in [2.75, 3.05) is 39.0 Å². The third-order valence-electron chi connectivity index (χ3n) is 4.67. The first kappa shape index (κ1) is 19.4. The zero-order valence-electron chi connectivity index (χ0n) is 15.3. The summed E-state index contributed by atoms with van der Waals surface area (Å²) in [6.45, 7) is 7.87. The van der Waals surface area contributed by atoms with Gasteiger partial charge in [-0.25, -0.2) is 0 Å². The Labute approximate surface area is 155 Å². The molecule has 0 amide bonds. The molecule has 0 spiro atoms. The molecule has 1 N–H and O–H groups in total. The lowest BCUT2D eigenvalue weighted by atomic mass is 9.95. The number of likely N-dealkylation sites (N-methyl/N-ethyl adjacent to an activating group) is 1. The first-order valence-corrected chi connectivity index (χ1v) is 8.43. The van der Waals surface area contributed by atoms with E-state index >= 15 is 0 Å². The number of anilines is 1. The molecule has 7 nitrogen and oxygen atoms in total. The number of nitriles is 1. The molecule has 2 aromatic heterocycles. The summed E-state index contributed by atoms with van der Waals surface area (Å²) in [5.74, 6) is 0.816. The predicted octanol–water partition coefficient (Wildman–Crippen LogP) is 1.76. The summed E-state index contributed by atoms with van der Waals surface area (Å²) in [5.41, 5.74) is 3.87. The van der Waals surface area contributed by atoms with Crippen LogP contribution in [-0.2, 0) is 13.0 Å². The van der Waals surface area contributed by atoms with E-state index in [-0.39, 0.29) is 12.4 Å². The summed E-state index contributed by atoms with van der Waals surface area (Å²) in [7, 11) is 4.07. The molecule has 8 heteroatoms. The lowest BCUT2D eigenvalue weighted by Gasteiger charge is -2.33. The molecule has 3 rings (SSSR count). The molecule has 0 unspecified atom stereocenters. The molecule has 0 saturated carbocycles. The van der Waals surface area contributed by atoms with Gasteiger partial charge < -0.3 is 10.2 Å². The number of hydrogen-bond donors (Lipinski definition) is 1. The van der Waals surface area contributed by atoms with E-state index in [4.69, 9.17) is 0 Å². The Morgan fingerprint density at radius 2 is 2.12 bits per heavy atom. The Morgan fingerprint density at radius 1 is 1.36 bits per heavy atom. The number of nitrogens with zero attached hydrogens (tertiary/aromatic N) is 6. The van der Waals surface area contributed by atoms with Gasteiger partial charge in [-0.05, 0) is 39.9 Å². The van der Waals surface area contributed by atoms with E-state index in [1.165, 1.54) is 0 Å². The van der Waals surface area contributed by atoms with Crippen molar-refractivity contribution in [3.8, 4) is 6.07 Å². The van der Waals surface area contributed by atoms with Crippen molar-refractivity contribution in [1.82, 2.24) is 24.4 Å². The molecule has 0 aliphatic carbocycles. The van der Waals surface area contributed by atoms with Crippen LogP contribution in [0.1, 0.15) is 30.5 Å². The molecular weight excluding hydrogens is 338 g/mol. The second-order valence-corrected chi connectivity index (χ2v) is 6.86. The smallest absolute Gasteiger partial charge is 0.167 e. The van der Waals surface area contributed by atoms with E-state index in [0.717, 1.165) is 60.8 Å². The maximum absolute atomic E-state index is 9.79. The molecule has 25 heavy (non-hydrogen) atoms. The molecular formula is C17H26ClN7. The van der Waals surface area contributed by atoms with Crippen molar-refractivity contribution in [1.29, 1.82) is 5.26 Å². The Morgan fingerprint density at radius 3 is 2.76 bits per heavy atom. The Bertz CT molecular complexity index is 775. The normalized spacial score (nSPS) is 14.4. The van der Waals surface area contributed by atoms with Crippen LogP contribution in [0.15, 0.2) is 6.33 Å². The Balaban J connectivity index is 0.00000225. The number of rotatable bonds is 5. The van der Waals surface area contributed by atoms with Gasteiger partial charge in [0.15, 0.2) is 5.65 Å². The highest BCUT2D eigenvalue weighted by Crippen LogP contribution is 2.31. The highest BCUT2D eigenvalue weighted by Gasteiger charge is 2.27. The van der Waals surface area contributed by atoms with E-state index in [1.54, 1.807) is 6.33 Å².